The van der Waals surface area contributed by atoms with Gasteiger partial charge in [-0.15, -0.1) is 0 Å². The number of thioether (sulfide) groups is 1. The van der Waals surface area contributed by atoms with Gasteiger partial charge in [-0.3, -0.25) is 4.79 Å². The van der Waals surface area contributed by atoms with Gasteiger partial charge in [-0.25, -0.2) is 0 Å². The van der Waals surface area contributed by atoms with Gasteiger partial charge in [0.15, 0.2) is 0 Å². The van der Waals surface area contributed by atoms with Crippen molar-refractivity contribution in [2.75, 3.05) is 12.8 Å². The van der Waals surface area contributed by atoms with Crippen LogP contribution in [0.1, 0.15) is 38.5 Å². The molecule has 0 aromatic carbocycles. The van der Waals surface area contributed by atoms with Crippen molar-refractivity contribution in [3.8, 4) is 0 Å². The summed E-state index contributed by atoms with van der Waals surface area (Å²) in [7, 11) is 0. The van der Waals surface area contributed by atoms with Crippen molar-refractivity contribution >= 4 is 17.7 Å². The number of rotatable bonds is 4. The molecule has 3 N–H and O–H groups in total. The second-order valence-electron chi connectivity index (χ2n) is 5.23. The van der Waals surface area contributed by atoms with Gasteiger partial charge in [0, 0.05) is 23.3 Å². The summed E-state index contributed by atoms with van der Waals surface area (Å²) in [4.78, 5) is 11.9. The van der Waals surface area contributed by atoms with E-state index in [9.17, 15) is 4.79 Å². The molecule has 4 heteroatoms. The van der Waals surface area contributed by atoms with Crippen LogP contribution in [0.5, 0.6) is 0 Å². The summed E-state index contributed by atoms with van der Waals surface area (Å²) in [6.45, 7) is 0.846. The van der Waals surface area contributed by atoms with Crippen LogP contribution in [0.15, 0.2) is 0 Å². The fourth-order valence-electron chi connectivity index (χ4n) is 2.67. The van der Waals surface area contributed by atoms with Crippen LogP contribution in [0.25, 0.3) is 0 Å². The predicted molar refractivity (Wildman–Crippen MR) is 68.4 cm³/mol. The lowest BCUT2D eigenvalue weighted by Gasteiger charge is -2.40. The number of amides is 1. The Morgan fingerprint density at radius 1 is 1.50 bits per heavy atom. The third kappa shape index (κ3) is 2.54. The van der Waals surface area contributed by atoms with Crippen molar-refractivity contribution in [1.29, 1.82) is 0 Å². The Morgan fingerprint density at radius 2 is 2.25 bits per heavy atom. The van der Waals surface area contributed by atoms with E-state index in [1.165, 1.54) is 19.3 Å². The van der Waals surface area contributed by atoms with Gasteiger partial charge in [0.2, 0.25) is 5.91 Å². The largest absolute Gasteiger partial charge is 0.354 e. The van der Waals surface area contributed by atoms with Crippen LogP contribution in [0, 0.1) is 5.92 Å². The van der Waals surface area contributed by atoms with Crippen LogP contribution < -0.4 is 11.1 Å². The molecule has 3 nitrogen and oxygen atoms in total. The van der Waals surface area contributed by atoms with Gasteiger partial charge in [-0.2, -0.15) is 11.8 Å². The molecule has 0 radical (unpaired) electrons. The van der Waals surface area contributed by atoms with Gasteiger partial charge in [-0.1, -0.05) is 6.42 Å². The molecule has 0 aromatic heterocycles. The minimum absolute atomic E-state index is 0.175. The molecule has 2 aliphatic carbocycles. The Balaban J connectivity index is 1.75. The molecular formula is C12H22N2OS. The first-order chi connectivity index (χ1) is 7.65. The van der Waals surface area contributed by atoms with Crippen molar-refractivity contribution in [2.24, 2.45) is 11.7 Å². The molecule has 0 saturated heterocycles. The predicted octanol–water partition coefficient (Wildman–Crippen LogP) is 1.52. The highest BCUT2D eigenvalue weighted by atomic mass is 32.2. The van der Waals surface area contributed by atoms with Crippen LogP contribution >= 0.6 is 11.8 Å². The first-order valence-corrected chi connectivity index (χ1v) is 7.46. The molecule has 2 unspecified atom stereocenters. The monoisotopic (exact) mass is 242 g/mol. The normalized spacial score (nSPS) is 32.1. The lowest BCUT2D eigenvalue weighted by Crippen LogP contribution is -2.46. The van der Waals surface area contributed by atoms with E-state index in [2.05, 4.69) is 11.6 Å². The maximum absolute atomic E-state index is 11.9. The number of nitrogens with two attached hydrogens (primary N) is 1. The number of hydrogen-bond acceptors (Lipinski definition) is 3. The summed E-state index contributed by atoms with van der Waals surface area (Å²) in [6, 6.07) is 0.244. The minimum atomic E-state index is 0.175. The minimum Gasteiger partial charge on any atom is -0.354 e. The molecule has 0 bridgehead atoms. The van der Waals surface area contributed by atoms with E-state index in [0.717, 1.165) is 25.8 Å². The van der Waals surface area contributed by atoms with E-state index in [0.29, 0.717) is 4.75 Å². The Labute approximate surface area is 102 Å². The van der Waals surface area contributed by atoms with E-state index in [-0.39, 0.29) is 17.9 Å². The Hall–Kier alpha value is -0.220. The summed E-state index contributed by atoms with van der Waals surface area (Å²) in [6.07, 6.45) is 8.81. The van der Waals surface area contributed by atoms with Gasteiger partial charge in [-0.05, 0) is 38.4 Å². The molecule has 2 rings (SSSR count). The highest BCUT2D eigenvalue weighted by Crippen LogP contribution is 2.42. The quantitative estimate of drug-likeness (QED) is 0.786. The average Bonchev–Trinajstić information content (AvgIpc) is 2.64. The fraction of sp³-hybridized carbons (Fsp3) is 0.917. The third-order valence-electron chi connectivity index (χ3n) is 4.13. The number of carbonyl (C=O) groups is 1. The maximum atomic E-state index is 11.9. The topological polar surface area (TPSA) is 55.1 Å². The highest BCUT2D eigenvalue weighted by molar-refractivity contribution is 8.00. The van der Waals surface area contributed by atoms with Crippen LogP contribution in [-0.2, 0) is 4.79 Å². The zero-order chi connectivity index (χ0) is 11.6. The molecule has 92 valence electrons. The zero-order valence-corrected chi connectivity index (χ0v) is 10.8. The molecule has 2 aliphatic rings. The standard InChI is InChI=1S/C12H22N2OS/c1-16-12(5-2-6-12)8-14-11(15)9-3-4-10(13)7-9/h9-10H,2-8,13H2,1H3,(H,14,15). The van der Waals surface area contributed by atoms with Crippen molar-refractivity contribution in [3.05, 3.63) is 0 Å². The van der Waals surface area contributed by atoms with Crippen LogP contribution in [0.3, 0.4) is 0 Å². The summed E-state index contributed by atoms with van der Waals surface area (Å²) in [5.41, 5.74) is 5.82. The maximum Gasteiger partial charge on any atom is 0.223 e. The molecular weight excluding hydrogens is 220 g/mol. The molecule has 16 heavy (non-hydrogen) atoms. The van der Waals surface area contributed by atoms with Gasteiger partial charge in [0.05, 0.1) is 0 Å². The van der Waals surface area contributed by atoms with Crippen LogP contribution in [-0.4, -0.2) is 29.5 Å². The van der Waals surface area contributed by atoms with E-state index in [1.807, 2.05) is 11.8 Å². The molecule has 2 saturated carbocycles. The first kappa shape index (κ1) is 12.2. The zero-order valence-electron chi connectivity index (χ0n) is 10.00. The van der Waals surface area contributed by atoms with E-state index in [4.69, 9.17) is 5.73 Å². The summed E-state index contributed by atoms with van der Waals surface area (Å²) in [5.74, 6) is 0.405. The summed E-state index contributed by atoms with van der Waals surface area (Å²) < 4.78 is 0.344. The number of nitrogens with one attached hydrogen (secondary N) is 1. The molecule has 2 fully saturated rings. The van der Waals surface area contributed by atoms with Crippen molar-refractivity contribution in [1.82, 2.24) is 5.32 Å². The lowest BCUT2D eigenvalue weighted by atomic mass is 9.84. The van der Waals surface area contributed by atoms with Gasteiger partial charge in [0.25, 0.3) is 0 Å². The second kappa shape index (κ2) is 4.96. The van der Waals surface area contributed by atoms with Crippen LogP contribution in [0.2, 0.25) is 0 Å². The summed E-state index contributed by atoms with van der Waals surface area (Å²) in [5, 5.41) is 3.12. The van der Waals surface area contributed by atoms with Crippen molar-refractivity contribution in [3.63, 3.8) is 0 Å². The molecule has 0 heterocycles. The van der Waals surface area contributed by atoms with Crippen molar-refractivity contribution in [2.45, 2.75) is 49.3 Å². The van der Waals surface area contributed by atoms with E-state index >= 15 is 0 Å². The van der Waals surface area contributed by atoms with Gasteiger partial charge < -0.3 is 11.1 Å². The first-order valence-electron chi connectivity index (χ1n) is 6.24. The number of hydrogen-bond donors (Lipinski definition) is 2. The number of carbonyl (C=O) groups excluding carboxylic acids is 1. The van der Waals surface area contributed by atoms with Gasteiger partial charge in [0.1, 0.15) is 0 Å². The fourth-order valence-corrected chi connectivity index (χ4v) is 3.58. The molecule has 0 spiro atoms. The Morgan fingerprint density at radius 3 is 2.69 bits per heavy atom. The van der Waals surface area contributed by atoms with Crippen LogP contribution in [0.4, 0.5) is 0 Å². The highest BCUT2D eigenvalue weighted by Gasteiger charge is 2.37. The Kier molecular flexibility index (Phi) is 3.80. The Bertz CT molecular complexity index is 260. The van der Waals surface area contributed by atoms with Crippen molar-refractivity contribution < 1.29 is 4.79 Å². The van der Waals surface area contributed by atoms with Gasteiger partial charge >= 0.3 is 0 Å². The average molecular weight is 242 g/mol. The smallest absolute Gasteiger partial charge is 0.223 e. The third-order valence-corrected chi connectivity index (χ3v) is 5.55. The molecule has 2 atom stereocenters. The summed E-state index contributed by atoms with van der Waals surface area (Å²) >= 11 is 1.90. The van der Waals surface area contributed by atoms with E-state index < -0.39 is 0 Å². The molecule has 1 amide bonds. The molecule has 0 aromatic rings. The van der Waals surface area contributed by atoms with E-state index in [1.54, 1.807) is 0 Å². The molecule has 0 aliphatic heterocycles. The second-order valence-corrected chi connectivity index (χ2v) is 6.50. The SMILES string of the molecule is CSC1(CNC(=O)C2CCC(N)C2)CCC1. The lowest BCUT2D eigenvalue weighted by molar-refractivity contribution is -0.125.